The molecule has 5 heteroatoms. The summed E-state index contributed by atoms with van der Waals surface area (Å²) in [5.41, 5.74) is 6.69. The van der Waals surface area contributed by atoms with Gasteiger partial charge in [0.1, 0.15) is 5.75 Å². The maximum absolute atomic E-state index is 12.4. The summed E-state index contributed by atoms with van der Waals surface area (Å²) < 4.78 is 0. The monoisotopic (exact) mass is 296 g/mol. The lowest BCUT2D eigenvalue weighted by Gasteiger charge is -2.30. The predicted molar refractivity (Wildman–Crippen MR) is 79.8 cm³/mol. The van der Waals surface area contributed by atoms with E-state index >= 15 is 0 Å². The van der Waals surface area contributed by atoms with Gasteiger partial charge in [-0.1, -0.05) is 17.7 Å². The molecule has 0 radical (unpaired) electrons. The Morgan fingerprint density at radius 3 is 2.65 bits per heavy atom. The number of carbonyl (C=O) groups is 1. The minimum atomic E-state index is -0.214. The van der Waals surface area contributed by atoms with Gasteiger partial charge in [-0.3, -0.25) is 4.79 Å². The maximum atomic E-state index is 12.4. The third kappa shape index (κ3) is 3.64. The molecule has 1 atom stereocenters. The van der Waals surface area contributed by atoms with Gasteiger partial charge in [-0.05, 0) is 43.4 Å². The van der Waals surface area contributed by atoms with E-state index in [0.717, 1.165) is 31.5 Å². The van der Waals surface area contributed by atoms with E-state index in [2.05, 4.69) is 0 Å². The Kier molecular flexibility index (Phi) is 5.26. The number of phenolic OH excluding ortho intramolecular Hbond substituents is 1. The van der Waals surface area contributed by atoms with Crippen molar-refractivity contribution in [2.45, 2.75) is 25.7 Å². The molecule has 3 N–H and O–H groups in total. The summed E-state index contributed by atoms with van der Waals surface area (Å²) in [5.74, 6) is -0.0211. The van der Waals surface area contributed by atoms with Crippen LogP contribution in [0.5, 0.6) is 5.75 Å². The molecule has 1 aliphatic heterocycles. The summed E-state index contributed by atoms with van der Waals surface area (Å²) in [6.45, 7) is 2.01. The minimum Gasteiger partial charge on any atom is -0.506 e. The highest BCUT2D eigenvalue weighted by molar-refractivity contribution is 6.32. The summed E-state index contributed by atoms with van der Waals surface area (Å²) in [4.78, 5) is 14.4. The standard InChI is InChI=1S/C15H21ClN2O2/c16-13-9-11(4-5-14(13)19)8-12(10-17)15(20)18-6-2-1-3-7-18/h4-5,9,12,19H,1-3,6-8,10,17H2. The second kappa shape index (κ2) is 6.95. The molecule has 1 aromatic rings. The number of nitrogens with two attached hydrogens (primary N) is 1. The van der Waals surface area contributed by atoms with Gasteiger partial charge in [0.2, 0.25) is 5.91 Å². The lowest BCUT2D eigenvalue weighted by atomic mass is 9.97. The number of phenols is 1. The second-order valence-corrected chi connectivity index (χ2v) is 5.72. The zero-order valence-corrected chi connectivity index (χ0v) is 12.3. The van der Waals surface area contributed by atoms with Crippen LogP contribution < -0.4 is 5.73 Å². The zero-order valence-electron chi connectivity index (χ0n) is 11.5. The number of aromatic hydroxyl groups is 1. The SMILES string of the molecule is NCC(Cc1ccc(O)c(Cl)c1)C(=O)N1CCCCC1. The van der Waals surface area contributed by atoms with Gasteiger partial charge >= 0.3 is 0 Å². The fourth-order valence-corrected chi connectivity index (χ4v) is 2.81. The highest BCUT2D eigenvalue weighted by atomic mass is 35.5. The van der Waals surface area contributed by atoms with Crippen molar-refractivity contribution in [2.24, 2.45) is 11.7 Å². The van der Waals surface area contributed by atoms with E-state index in [4.69, 9.17) is 17.3 Å². The number of carbonyl (C=O) groups excluding carboxylic acids is 1. The molecule has 1 saturated heterocycles. The number of rotatable bonds is 4. The number of nitrogens with zero attached hydrogens (tertiary/aromatic N) is 1. The van der Waals surface area contributed by atoms with Crippen LogP contribution >= 0.6 is 11.6 Å². The summed E-state index contributed by atoms with van der Waals surface area (Å²) in [6, 6.07) is 5.03. The van der Waals surface area contributed by atoms with Gasteiger partial charge in [-0.25, -0.2) is 0 Å². The molecule has 1 fully saturated rings. The zero-order chi connectivity index (χ0) is 14.5. The Labute approximate surface area is 124 Å². The third-order valence-electron chi connectivity index (χ3n) is 3.80. The highest BCUT2D eigenvalue weighted by Crippen LogP contribution is 2.25. The van der Waals surface area contributed by atoms with E-state index in [1.54, 1.807) is 18.2 Å². The van der Waals surface area contributed by atoms with E-state index in [1.807, 2.05) is 4.90 Å². The van der Waals surface area contributed by atoms with Crippen molar-refractivity contribution < 1.29 is 9.90 Å². The van der Waals surface area contributed by atoms with Crippen LogP contribution in [-0.2, 0) is 11.2 Å². The van der Waals surface area contributed by atoms with Gasteiger partial charge in [0.25, 0.3) is 0 Å². The van der Waals surface area contributed by atoms with Crippen LogP contribution in [0.4, 0.5) is 0 Å². The van der Waals surface area contributed by atoms with Gasteiger partial charge in [0, 0.05) is 19.6 Å². The Morgan fingerprint density at radius 1 is 1.35 bits per heavy atom. The topological polar surface area (TPSA) is 66.6 Å². The highest BCUT2D eigenvalue weighted by Gasteiger charge is 2.24. The average Bonchev–Trinajstić information content (AvgIpc) is 2.48. The Bertz CT molecular complexity index is 473. The Morgan fingerprint density at radius 2 is 2.05 bits per heavy atom. The molecule has 1 aliphatic rings. The fraction of sp³-hybridized carbons (Fsp3) is 0.533. The Balaban J connectivity index is 2.03. The number of hydrogen-bond donors (Lipinski definition) is 2. The van der Waals surface area contributed by atoms with Crippen molar-refractivity contribution in [3.63, 3.8) is 0 Å². The molecule has 1 heterocycles. The van der Waals surface area contributed by atoms with Crippen molar-refractivity contribution in [3.05, 3.63) is 28.8 Å². The number of halogens is 1. The van der Waals surface area contributed by atoms with Crippen LogP contribution in [0, 0.1) is 5.92 Å². The molecular formula is C15H21ClN2O2. The second-order valence-electron chi connectivity index (χ2n) is 5.31. The molecule has 0 bridgehead atoms. The lowest BCUT2D eigenvalue weighted by Crippen LogP contribution is -2.42. The van der Waals surface area contributed by atoms with Crippen molar-refractivity contribution in [3.8, 4) is 5.75 Å². The van der Waals surface area contributed by atoms with Gasteiger partial charge in [0.05, 0.1) is 10.9 Å². The molecule has 1 amide bonds. The smallest absolute Gasteiger partial charge is 0.227 e. The molecule has 110 valence electrons. The van der Waals surface area contributed by atoms with Crippen molar-refractivity contribution in [1.29, 1.82) is 0 Å². The number of amides is 1. The van der Waals surface area contributed by atoms with E-state index < -0.39 is 0 Å². The molecule has 2 rings (SSSR count). The van der Waals surface area contributed by atoms with Gasteiger partial charge in [-0.2, -0.15) is 0 Å². The van der Waals surface area contributed by atoms with Crippen LogP contribution in [0.25, 0.3) is 0 Å². The van der Waals surface area contributed by atoms with E-state index in [1.165, 1.54) is 6.42 Å². The molecular weight excluding hydrogens is 276 g/mol. The Hall–Kier alpha value is -1.26. The first-order valence-electron chi connectivity index (χ1n) is 7.08. The van der Waals surface area contributed by atoms with Crippen LogP contribution in [0.3, 0.4) is 0 Å². The lowest BCUT2D eigenvalue weighted by molar-refractivity contribution is -0.136. The molecule has 0 saturated carbocycles. The van der Waals surface area contributed by atoms with E-state index in [-0.39, 0.29) is 17.6 Å². The van der Waals surface area contributed by atoms with Crippen molar-refractivity contribution in [2.75, 3.05) is 19.6 Å². The van der Waals surface area contributed by atoms with E-state index in [9.17, 15) is 9.90 Å². The molecule has 1 aromatic carbocycles. The third-order valence-corrected chi connectivity index (χ3v) is 4.10. The number of benzene rings is 1. The molecule has 0 aliphatic carbocycles. The first kappa shape index (κ1) is 15.1. The summed E-state index contributed by atoms with van der Waals surface area (Å²) in [6.07, 6.45) is 3.92. The number of hydrogen-bond acceptors (Lipinski definition) is 3. The quantitative estimate of drug-likeness (QED) is 0.895. The largest absolute Gasteiger partial charge is 0.506 e. The normalized spacial score (nSPS) is 17.0. The van der Waals surface area contributed by atoms with Crippen LogP contribution in [0.15, 0.2) is 18.2 Å². The van der Waals surface area contributed by atoms with Crippen molar-refractivity contribution in [1.82, 2.24) is 4.90 Å². The first-order valence-corrected chi connectivity index (χ1v) is 7.46. The summed E-state index contributed by atoms with van der Waals surface area (Å²) in [5, 5.41) is 9.73. The first-order chi connectivity index (χ1) is 9.61. The molecule has 0 aromatic heterocycles. The van der Waals surface area contributed by atoms with Gasteiger partial charge in [0.15, 0.2) is 0 Å². The number of piperidine rings is 1. The van der Waals surface area contributed by atoms with Crippen molar-refractivity contribution >= 4 is 17.5 Å². The van der Waals surface area contributed by atoms with E-state index in [0.29, 0.717) is 18.0 Å². The fourth-order valence-electron chi connectivity index (χ4n) is 2.61. The van der Waals surface area contributed by atoms with Crippen LogP contribution in [0.1, 0.15) is 24.8 Å². The summed E-state index contributed by atoms with van der Waals surface area (Å²) in [7, 11) is 0. The average molecular weight is 297 g/mol. The minimum absolute atomic E-state index is 0.0575. The molecule has 20 heavy (non-hydrogen) atoms. The summed E-state index contributed by atoms with van der Waals surface area (Å²) >= 11 is 5.89. The maximum Gasteiger partial charge on any atom is 0.227 e. The van der Waals surface area contributed by atoms with Crippen LogP contribution in [-0.4, -0.2) is 35.5 Å². The number of likely N-dealkylation sites (tertiary alicyclic amines) is 1. The van der Waals surface area contributed by atoms with Crippen LogP contribution in [0.2, 0.25) is 5.02 Å². The molecule has 4 nitrogen and oxygen atoms in total. The molecule has 1 unspecified atom stereocenters. The molecule has 0 spiro atoms. The van der Waals surface area contributed by atoms with Gasteiger partial charge in [-0.15, -0.1) is 0 Å². The predicted octanol–water partition coefficient (Wildman–Crippen LogP) is 2.18. The van der Waals surface area contributed by atoms with Gasteiger partial charge < -0.3 is 15.7 Å².